The molecule has 7 heteroatoms. The fraction of sp³-hybridized carbons (Fsp3) is 0.667. The number of halogens is 1. The van der Waals surface area contributed by atoms with Crippen LogP contribution in [-0.4, -0.2) is 27.0 Å². The highest BCUT2D eigenvalue weighted by Crippen LogP contribution is 2.21. The number of nitrogens with one attached hydrogen (secondary N) is 1. The first-order chi connectivity index (χ1) is 7.16. The molecule has 0 aromatic carbocycles. The molecule has 0 aliphatic rings. The number of carbonyl (C=O) groups is 1. The number of hydrogen-bond acceptors (Lipinski definition) is 4. The molecule has 0 saturated carbocycles. The van der Waals surface area contributed by atoms with E-state index in [2.05, 4.69) is 16.0 Å². The quantitative estimate of drug-likeness (QED) is 0.412. The van der Waals surface area contributed by atoms with Crippen LogP contribution < -0.4 is 4.72 Å². The van der Waals surface area contributed by atoms with Crippen molar-refractivity contribution < 1.29 is 22.3 Å². The lowest BCUT2D eigenvalue weighted by atomic mass is 9.87. The molecule has 16 heavy (non-hydrogen) atoms. The van der Waals surface area contributed by atoms with E-state index in [-0.39, 0.29) is 6.61 Å². The van der Waals surface area contributed by atoms with Gasteiger partial charge in [-0.2, -0.15) is 4.39 Å². The van der Waals surface area contributed by atoms with Crippen LogP contribution in [0.1, 0.15) is 20.8 Å². The topological polar surface area (TPSA) is 72.5 Å². The van der Waals surface area contributed by atoms with Crippen LogP contribution >= 0.6 is 0 Å². The molecule has 0 amide bonds. The fourth-order valence-electron chi connectivity index (χ4n) is 0.788. The minimum Gasteiger partial charge on any atom is -0.460 e. The van der Waals surface area contributed by atoms with Gasteiger partial charge in [-0.25, -0.2) is 17.9 Å². The van der Waals surface area contributed by atoms with Gasteiger partial charge in [0.05, 0.1) is 6.61 Å². The Hall–Kier alpha value is -0.950. The third kappa shape index (κ3) is 5.22. The SMILES string of the molecule is C=C(F)C(=O)OCC(C)(C)C(C)N[SH](=O)=O. The molecule has 0 fully saturated rings. The van der Waals surface area contributed by atoms with Crippen molar-refractivity contribution in [1.82, 2.24) is 4.72 Å². The zero-order chi connectivity index (χ0) is 12.9. The number of thiol groups is 1. The summed E-state index contributed by atoms with van der Waals surface area (Å²) in [5.74, 6) is -2.31. The summed E-state index contributed by atoms with van der Waals surface area (Å²) >= 11 is 0. The maximum absolute atomic E-state index is 12.3. The van der Waals surface area contributed by atoms with Crippen molar-refractivity contribution in [1.29, 1.82) is 0 Å². The zero-order valence-electron chi connectivity index (χ0n) is 9.45. The number of hydrogen-bond donors (Lipinski definition) is 2. The van der Waals surface area contributed by atoms with Gasteiger partial charge in [0.2, 0.25) is 16.7 Å². The molecular weight excluding hydrogens is 237 g/mol. The highest BCUT2D eigenvalue weighted by atomic mass is 32.2. The van der Waals surface area contributed by atoms with Crippen molar-refractivity contribution in [2.24, 2.45) is 5.41 Å². The van der Waals surface area contributed by atoms with Crippen molar-refractivity contribution in [3.8, 4) is 0 Å². The molecule has 1 atom stereocenters. The Labute approximate surface area is 95.8 Å². The van der Waals surface area contributed by atoms with Crippen LogP contribution in [0.4, 0.5) is 4.39 Å². The fourth-order valence-corrected chi connectivity index (χ4v) is 1.45. The summed E-state index contributed by atoms with van der Waals surface area (Å²) < 4.78 is 40.1. The smallest absolute Gasteiger partial charge is 0.366 e. The molecule has 0 aliphatic heterocycles. The number of esters is 1. The predicted molar refractivity (Wildman–Crippen MR) is 57.9 cm³/mol. The second kappa shape index (κ2) is 5.95. The summed E-state index contributed by atoms with van der Waals surface area (Å²) in [7, 11) is -2.72. The van der Waals surface area contributed by atoms with Crippen molar-refractivity contribution in [2.75, 3.05) is 6.61 Å². The second-order valence-corrected chi connectivity index (χ2v) is 4.85. The Bertz CT molecular complexity index is 343. The van der Waals surface area contributed by atoms with Gasteiger partial charge in [0.15, 0.2) is 0 Å². The molecule has 0 radical (unpaired) electrons. The van der Waals surface area contributed by atoms with E-state index in [0.29, 0.717) is 0 Å². The molecule has 0 aliphatic carbocycles. The zero-order valence-corrected chi connectivity index (χ0v) is 10.3. The third-order valence-corrected chi connectivity index (χ3v) is 2.87. The molecule has 0 saturated heterocycles. The van der Waals surface area contributed by atoms with Crippen molar-refractivity contribution >= 4 is 16.9 Å². The Morgan fingerprint density at radius 3 is 2.44 bits per heavy atom. The predicted octanol–water partition coefficient (Wildman–Crippen LogP) is 0.543. The van der Waals surface area contributed by atoms with E-state index in [1.165, 1.54) is 0 Å². The van der Waals surface area contributed by atoms with Crippen LogP contribution in [0.5, 0.6) is 0 Å². The normalized spacial score (nSPS) is 13.6. The Morgan fingerprint density at radius 1 is 1.56 bits per heavy atom. The van der Waals surface area contributed by atoms with E-state index in [1.807, 2.05) is 0 Å². The van der Waals surface area contributed by atoms with Gasteiger partial charge in [-0.05, 0) is 6.92 Å². The maximum Gasteiger partial charge on any atom is 0.366 e. The summed E-state index contributed by atoms with van der Waals surface area (Å²) in [6, 6.07) is -0.436. The van der Waals surface area contributed by atoms with E-state index < -0.39 is 34.1 Å². The van der Waals surface area contributed by atoms with Gasteiger partial charge in [0.1, 0.15) is 0 Å². The molecule has 0 aromatic heterocycles. The minimum absolute atomic E-state index is 0.105. The average molecular weight is 253 g/mol. The summed E-state index contributed by atoms with van der Waals surface area (Å²) in [5.41, 5.74) is -0.638. The van der Waals surface area contributed by atoms with Crippen molar-refractivity contribution in [2.45, 2.75) is 26.8 Å². The van der Waals surface area contributed by atoms with Gasteiger partial charge in [0.25, 0.3) is 0 Å². The molecule has 0 spiro atoms. The molecule has 0 heterocycles. The molecule has 1 N–H and O–H groups in total. The maximum atomic E-state index is 12.3. The number of carbonyl (C=O) groups excluding carboxylic acids is 1. The summed E-state index contributed by atoms with van der Waals surface area (Å²) in [5, 5.41) is 0. The van der Waals surface area contributed by atoms with E-state index >= 15 is 0 Å². The Morgan fingerprint density at radius 2 is 2.06 bits per heavy atom. The largest absolute Gasteiger partial charge is 0.460 e. The van der Waals surface area contributed by atoms with Crippen molar-refractivity contribution in [3.05, 3.63) is 12.4 Å². The molecule has 1 unspecified atom stereocenters. The van der Waals surface area contributed by atoms with Gasteiger partial charge in [-0.3, -0.25) is 0 Å². The molecule has 0 aromatic rings. The van der Waals surface area contributed by atoms with Gasteiger partial charge >= 0.3 is 5.97 Å². The molecule has 0 rings (SSSR count). The molecule has 5 nitrogen and oxygen atoms in total. The van der Waals surface area contributed by atoms with Crippen LogP contribution in [0.3, 0.4) is 0 Å². The first kappa shape index (κ1) is 15.0. The summed E-state index contributed by atoms with van der Waals surface area (Å²) in [6.45, 7) is 7.70. The average Bonchev–Trinajstić information content (AvgIpc) is 2.12. The van der Waals surface area contributed by atoms with Crippen LogP contribution in [0.2, 0.25) is 0 Å². The highest BCUT2D eigenvalue weighted by Gasteiger charge is 2.28. The van der Waals surface area contributed by atoms with Crippen LogP contribution in [0, 0.1) is 5.41 Å². The first-order valence-corrected chi connectivity index (χ1v) is 5.76. The Balaban J connectivity index is 4.33. The van der Waals surface area contributed by atoms with Gasteiger partial charge in [0, 0.05) is 11.5 Å². The molecular formula is C9H16FNO4S. The molecule has 0 bridgehead atoms. The minimum atomic E-state index is -2.72. The summed E-state index contributed by atoms with van der Waals surface area (Å²) in [4.78, 5) is 10.8. The van der Waals surface area contributed by atoms with E-state index in [9.17, 15) is 17.6 Å². The van der Waals surface area contributed by atoms with E-state index in [4.69, 9.17) is 0 Å². The summed E-state index contributed by atoms with van der Waals surface area (Å²) in [6.07, 6.45) is 0. The number of ether oxygens (including phenoxy) is 1. The Kier molecular flexibility index (Phi) is 5.60. The van der Waals surface area contributed by atoms with Gasteiger partial charge < -0.3 is 4.74 Å². The third-order valence-electron chi connectivity index (χ3n) is 2.27. The highest BCUT2D eigenvalue weighted by molar-refractivity contribution is 7.70. The van der Waals surface area contributed by atoms with Crippen LogP contribution in [-0.2, 0) is 20.4 Å². The second-order valence-electron chi connectivity index (χ2n) is 4.08. The lowest BCUT2D eigenvalue weighted by molar-refractivity contribution is -0.144. The van der Waals surface area contributed by atoms with Gasteiger partial charge in [-0.1, -0.05) is 20.4 Å². The molecule has 94 valence electrons. The first-order valence-electron chi connectivity index (χ1n) is 4.59. The van der Waals surface area contributed by atoms with E-state index in [0.717, 1.165) is 0 Å². The van der Waals surface area contributed by atoms with Crippen molar-refractivity contribution in [3.63, 3.8) is 0 Å². The van der Waals surface area contributed by atoms with Gasteiger partial charge in [-0.15, -0.1) is 0 Å². The lowest BCUT2D eigenvalue weighted by Gasteiger charge is -2.29. The standard InChI is InChI=1S/C9H16FNO4S/c1-6(10)8(12)15-5-9(3,4)7(2)11-16(13)14/h7,16H,1,5H2,2-4H3,(H,11,13,14). The monoisotopic (exact) mass is 253 g/mol. The van der Waals surface area contributed by atoms with Crippen LogP contribution in [0.15, 0.2) is 12.4 Å². The van der Waals surface area contributed by atoms with E-state index in [1.54, 1.807) is 20.8 Å². The number of rotatable bonds is 6. The lowest BCUT2D eigenvalue weighted by Crippen LogP contribution is -2.42. The van der Waals surface area contributed by atoms with Crippen LogP contribution in [0.25, 0.3) is 0 Å².